The van der Waals surface area contributed by atoms with Gasteiger partial charge in [0.2, 0.25) is 0 Å². The minimum absolute atomic E-state index is 0.209. The molecule has 2 aliphatic heterocycles. The van der Waals surface area contributed by atoms with Gasteiger partial charge >= 0.3 is 0 Å². The van der Waals surface area contributed by atoms with Crippen LogP contribution < -0.4 is 4.74 Å². The van der Waals surface area contributed by atoms with Crippen molar-refractivity contribution in [3.63, 3.8) is 0 Å². The van der Waals surface area contributed by atoms with Gasteiger partial charge in [0.1, 0.15) is 18.5 Å². The molecule has 1 saturated carbocycles. The van der Waals surface area contributed by atoms with E-state index < -0.39 is 6.10 Å². The molecule has 40 heavy (non-hydrogen) atoms. The Kier molecular flexibility index (Phi) is 8.14. The first-order chi connectivity index (χ1) is 19.6. The van der Waals surface area contributed by atoms with Gasteiger partial charge in [-0.15, -0.1) is 0 Å². The maximum Gasteiger partial charge on any atom is 0.261 e. The fourth-order valence-electron chi connectivity index (χ4n) is 6.54. The lowest BCUT2D eigenvalue weighted by molar-refractivity contribution is 0.0416. The maximum atomic E-state index is 13.2. The molecule has 3 aromatic carbocycles. The Balaban J connectivity index is 0.936. The summed E-state index contributed by atoms with van der Waals surface area (Å²) in [6.07, 6.45) is 6.02. The molecule has 3 aliphatic rings. The van der Waals surface area contributed by atoms with Gasteiger partial charge in [0.15, 0.2) is 0 Å². The molecule has 6 rings (SSSR count). The second-order valence-electron chi connectivity index (χ2n) is 11.5. The van der Waals surface area contributed by atoms with Gasteiger partial charge in [-0.1, -0.05) is 55.7 Å². The van der Waals surface area contributed by atoms with E-state index in [2.05, 4.69) is 21.9 Å². The topological polar surface area (TPSA) is 73.3 Å². The number of aliphatic hydroxyl groups is 1. The monoisotopic (exact) mass is 541 g/mol. The van der Waals surface area contributed by atoms with Gasteiger partial charge in [0, 0.05) is 62.3 Å². The Hall–Kier alpha value is -3.26. The van der Waals surface area contributed by atoms with Crippen LogP contribution in [0.25, 0.3) is 10.8 Å². The largest absolute Gasteiger partial charge is 0.491 e. The molecule has 2 fully saturated rings. The fraction of sp³-hybridized carbons (Fsp3) is 0.455. The Morgan fingerprint density at radius 3 is 2.05 bits per heavy atom. The van der Waals surface area contributed by atoms with Crippen LogP contribution in [-0.2, 0) is 0 Å². The number of ether oxygens (including phenoxy) is 1. The number of imide groups is 1. The van der Waals surface area contributed by atoms with Crippen LogP contribution >= 0.6 is 0 Å². The van der Waals surface area contributed by atoms with Crippen molar-refractivity contribution >= 4 is 22.6 Å². The smallest absolute Gasteiger partial charge is 0.261 e. The number of rotatable bonds is 9. The van der Waals surface area contributed by atoms with Crippen LogP contribution in [0, 0.1) is 0 Å². The van der Waals surface area contributed by atoms with E-state index in [0.29, 0.717) is 36.7 Å². The minimum atomic E-state index is -0.559. The highest BCUT2D eigenvalue weighted by molar-refractivity contribution is 6.25. The van der Waals surface area contributed by atoms with Crippen molar-refractivity contribution in [2.75, 3.05) is 52.4 Å². The lowest BCUT2D eigenvalue weighted by atomic mass is 9.84. The Morgan fingerprint density at radius 2 is 1.40 bits per heavy atom. The van der Waals surface area contributed by atoms with Crippen molar-refractivity contribution in [2.45, 2.75) is 44.1 Å². The average Bonchev–Trinajstić information content (AvgIpc) is 3.00. The van der Waals surface area contributed by atoms with E-state index in [1.54, 1.807) is 0 Å². The van der Waals surface area contributed by atoms with Crippen LogP contribution in [0.3, 0.4) is 0 Å². The van der Waals surface area contributed by atoms with Gasteiger partial charge in [-0.3, -0.25) is 24.3 Å². The summed E-state index contributed by atoms with van der Waals surface area (Å²) in [5, 5.41) is 12.3. The molecular weight excluding hydrogens is 502 g/mol. The standard InChI is InChI=1S/C33H39N3O4/c37-27(23-40-28-14-12-25(13-15-28)24-6-2-1-3-7-24)22-35-18-16-34(17-19-35)20-21-36-32(38)29-10-4-8-26-9-5-11-30(31(26)29)33(36)39/h4-5,8-15,24,27,37H,1-3,6-7,16-23H2/t27-/m0/s1. The van der Waals surface area contributed by atoms with Crippen molar-refractivity contribution in [3.05, 3.63) is 77.4 Å². The van der Waals surface area contributed by atoms with E-state index in [9.17, 15) is 14.7 Å². The molecule has 1 atom stereocenters. The number of hydrogen-bond acceptors (Lipinski definition) is 6. The number of benzene rings is 3. The van der Waals surface area contributed by atoms with E-state index in [4.69, 9.17) is 4.74 Å². The molecule has 7 heteroatoms. The SMILES string of the molecule is O=C1c2cccc3cccc(c23)C(=O)N1CCN1CCN(C[C@H](O)COc2ccc(C3CCCCC3)cc2)CC1. The lowest BCUT2D eigenvalue weighted by Crippen LogP contribution is -2.51. The molecule has 2 heterocycles. The van der Waals surface area contributed by atoms with Crippen LogP contribution in [0.15, 0.2) is 60.7 Å². The van der Waals surface area contributed by atoms with Crippen molar-refractivity contribution < 1.29 is 19.4 Å². The Morgan fingerprint density at radius 1 is 0.775 bits per heavy atom. The molecule has 1 aliphatic carbocycles. The predicted molar refractivity (Wildman–Crippen MR) is 156 cm³/mol. The first-order valence-corrected chi connectivity index (χ1v) is 14.8. The first-order valence-electron chi connectivity index (χ1n) is 14.8. The summed E-state index contributed by atoms with van der Waals surface area (Å²) in [6.45, 7) is 5.18. The molecule has 0 unspecified atom stereocenters. The second-order valence-corrected chi connectivity index (χ2v) is 11.5. The summed E-state index contributed by atoms with van der Waals surface area (Å²) in [4.78, 5) is 32.2. The number of amides is 2. The van der Waals surface area contributed by atoms with Crippen LogP contribution in [0.1, 0.15) is 64.3 Å². The summed E-state index contributed by atoms with van der Waals surface area (Å²) in [5.74, 6) is 1.07. The highest BCUT2D eigenvalue weighted by Crippen LogP contribution is 2.33. The quantitative estimate of drug-likeness (QED) is 0.401. The summed E-state index contributed by atoms with van der Waals surface area (Å²) in [6, 6.07) is 19.7. The maximum absolute atomic E-state index is 13.2. The second kappa shape index (κ2) is 12.1. The predicted octanol–water partition coefficient (Wildman–Crippen LogP) is 4.54. The van der Waals surface area contributed by atoms with E-state index in [-0.39, 0.29) is 18.4 Å². The molecule has 2 amide bonds. The Labute approximate surface area is 236 Å². The third-order valence-corrected chi connectivity index (χ3v) is 8.83. The van der Waals surface area contributed by atoms with Gasteiger partial charge in [-0.2, -0.15) is 0 Å². The normalized spacial score (nSPS) is 19.8. The van der Waals surface area contributed by atoms with Gasteiger partial charge in [-0.25, -0.2) is 0 Å². The number of carbonyl (C=O) groups excluding carboxylic acids is 2. The summed E-state index contributed by atoms with van der Waals surface area (Å²) >= 11 is 0. The molecule has 0 bridgehead atoms. The van der Waals surface area contributed by atoms with Crippen molar-refractivity contribution in [2.24, 2.45) is 0 Å². The van der Waals surface area contributed by atoms with Crippen molar-refractivity contribution in [3.8, 4) is 5.75 Å². The zero-order chi connectivity index (χ0) is 27.5. The molecule has 0 aromatic heterocycles. The van der Waals surface area contributed by atoms with Crippen molar-refractivity contribution in [1.82, 2.24) is 14.7 Å². The average molecular weight is 542 g/mol. The van der Waals surface area contributed by atoms with E-state index in [1.807, 2.05) is 48.5 Å². The highest BCUT2D eigenvalue weighted by atomic mass is 16.5. The lowest BCUT2D eigenvalue weighted by Gasteiger charge is -2.36. The van der Waals surface area contributed by atoms with Gasteiger partial charge in [0.25, 0.3) is 11.8 Å². The summed E-state index contributed by atoms with van der Waals surface area (Å²) in [7, 11) is 0. The molecule has 1 N–H and O–H groups in total. The van der Waals surface area contributed by atoms with Crippen LogP contribution in [-0.4, -0.2) is 90.1 Å². The van der Waals surface area contributed by atoms with E-state index >= 15 is 0 Å². The van der Waals surface area contributed by atoms with Gasteiger partial charge in [-0.05, 0) is 54.0 Å². The molecule has 1 saturated heterocycles. The molecule has 7 nitrogen and oxygen atoms in total. The van der Waals surface area contributed by atoms with E-state index in [0.717, 1.165) is 42.7 Å². The molecule has 3 aromatic rings. The third-order valence-electron chi connectivity index (χ3n) is 8.83. The third kappa shape index (κ3) is 5.78. The number of piperazine rings is 1. The summed E-state index contributed by atoms with van der Waals surface area (Å²) in [5.41, 5.74) is 2.62. The molecule has 0 radical (unpaired) electrons. The molecule has 210 valence electrons. The summed E-state index contributed by atoms with van der Waals surface area (Å²) < 4.78 is 5.89. The zero-order valence-electron chi connectivity index (χ0n) is 23.1. The van der Waals surface area contributed by atoms with Gasteiger partial charge in [0.05, 0.1) is 0 Å². The minimum Gasteiger partial charge on any atom is -0.491 e. The zero-order valence-corrected chi connectivity index (χ0v) is 23.1. The number of aliphatic hydroxyl groups excluding tert-OH is 1. The van der Waals surface area contributed by atoms with Crippen LogP contribution in [0.4, 0.5) is 0 Å². The van der Waals surface area contributed by atoms with Gasteiger partial charge < -0.3 is 9.84 Å². The van der Waals surface area contributed by atoms with Crippen LogP contribution in [0.2, 0.25) is 0 Å². The molecule has 0 spiro atoms. The fourth-order valence-corrected chi connectivity index (χ4v) is 6.54. The number of β-amino-alcohol motifs (C(OH)–C–C–N with tert-alkyl or cyclic N) is 1. The van der Waals surface area contributed by atoms with Crippen LogP contribution in [0.5, 0.6) is 5.75 Å². The Bertz CT molecular complexity index is 1290. The number of carbonyl (C=O) groups is 2. The number of hydrogen-bond donors (Lipinski definition) is 1. The highest BCUT2D eigenvalue weighted by Gasteiger charge is 2.33. The first kappa shape index (κ1) is 26.9. The van der Waals surface area contributed by atoms with Crippen molar-refractivity contribution in [1.29, 1.82) is 0 Å². The molecular formula is C33H39N3O4. The number of nitrogens with zero attached hydrogens (tertiary/aromatic N) is 3. The van der Waals surface area contributed by atoms with E-state index in [1.165, 1.54) is 42.6 Å².